The van der Waals surface area contributed by atoms with Crippen LogP contribution in [0.3, 0.4) is 0 Å². The Labute approximate surface area is 247 Å². The third-order valence-corrected chi connectivity index (χ3v) is 9.01. The second-order valence-electron chi connectivity index (χ2n) is 10.9. The number of para-hydroxylation sites is 1. The number of benzene rings is 3. The lowest BCUT2D eigenvalue weighted by Crippen LogP contribution is -2.49. The molecule has 7 heteroatoms. The van der Waals surface area contributed by atoms with Crippen LogP contribution >= 0.6 is 0 Å². The fourth-order valence-electron chi connectivity index (χ4n) is 5.34. The number of nitrogens with zero attached hydrogens (tertiary/aromatic N) is 3. The second kappa shape index (κ2) is 15.8. The van der Waals surface area contributed by atoms with E-state index in [-0.39, 0.29) is 11.7 Å². The van der Waals surface area contributed by atoms with Crippen molar-refractivity contribution in [1.29, 1.82) is 0 Å². The van der Waals surface area contributed by atoms with Crippen molar-refractivity contribution in [2.45, 2.75) is 46.1 Å². The zero-order valence-electron chi connectivity index (χ0n) is 24.6. The van der Waals surface area contributed by atoms with E-state index in [2.05, 4.69) is 43.0 Å². The van der Waals surface area contributed by atoms with Gasteiger partial charge in [-0.05, 0) is 53.8 Å². The van der Waals surface area contributed by atoms with Crippen molar-refractivity contribution in [2.24, 2.45) is 0 Å². The Hall–Kier alpha value is -3.03. The van der Waals surface area contributed by atoms with Crippen LogP contribution in [-0.4, -0.2) is 70.7 Å². The average Bonchev–Trinajstić information content (AvgIpc) is 3.00. The average molecular weight is 578 g/mol. The Morgan fingerprint density at radius 3 is 1.83 bits per heavy atom. The molecule has 2 aliphatic rings. The first kappa shape index (κ1) is 30.9. The third kappa shape index (κ3) is 9.23. The van der Waals surface area contributed by atoms with Crippen molar-refractivity contribution in [3.05, 3.63) is 101 Å². The zero-order valence-corrected chi connectivity index (χ0v) is 25.4. The predicted octanol–water partition coefficient (Wildman–Crippen LogP) is 5.94. The molecule has 0 aliphatic carbocycles. The number of carbonyl (C=O) groups is 1. The Morgan fingerprint density at radius 2 is 1.27 bits per heavy atom. The zero-order chi connectivity index (χ0) is 29.0. The molecule has 0 atom stereocenters. The van der Waals surface area contributed by atoms with Gasteiger partial charge in [-0.2, -0.15) is 0 Å². The Morgan fingerprint density at radius 1 is 0.732 bits per heavy atom. The molecule has 0 N–H and O–H groups in total. The van der Waals surface area contributed by atoms with Gasteiger partial charge in [0.05, 0.1) is 5.69 Å². The summed E-state index contributed by atoms with van der Waals surface area (Å²) in [5, 5.41) is 0. The minimum Gasteiger partial charge on any atom is -0.366 e. The van der Waals surface area contributed by atoms with Crippen molar-refractivity contribution in [1.82, 2.24) is 9.80 Å². The molecule has 0 bridgehead atoms. The van der Waals surface area contributed by atoms with Crippen LogP contribution in [0.15, 0.2) is 72.8 Å². The molecule has 0 spiro atoms. The van der Waals surface area contributed by atoms with Crippen molar-refractivity contribution in [2.75, 3.05) is 55.7 Å². The number of hydrogen-bond acceptors (Lipinski definition) is 4. The molecule has 41 heavy (non-hydrogen) atoms. The summed E-state index contributed by atoms with van der Waals surface area (Å²) < 4.78 is 25.1. The molecule has 3 aromatic carbocycles. The van der Waals surface area contributed by atoms with E-state index in [9.17, 15) is 13.4 Å². The topological polar surface area (TPSA) is 43.9 Å². The first-order valence-corrected chi connectivity index (χ1v) is 16.5. The molecule has 0 saturated carbocycles. The SMILES string of the molecule is CCCc1ccc(C(=O)N2CCN(c3ccccc3F)CC2)cc1.CCCc1ccc(CN2CCS(=O)CC2)cc1. The molecule has 2 fully saturated rings. The lowest BCUT2D eigenvalue weighted by molar-refractivity contribution is 0.0746. The summed E-state index contributed by atoms with van der Waals surface area (Å²) >= 11 is 0. The van der Waals surface area contributed by atoms with Crippen LogP contribution < -0.4 is 4.90 Å². The highest BCUT2D eigenvalue weighted by atomic mass is 32.2. The number of halogens is 1. The molecule has 220 valence electrons. The number of carbonyl (C=O) groups excluding carboxylic acids is 1. The fraction of sp³-hybridized carbons (Fsp3) is 0.441. The van der Waals surface area contributed by atoms with Crippen LogP contribution in [0.2, 0.25) is 0 Å². The van der Waals surface area contributed by atoms with Crippen LogP contribution in [0.4, 0.5) is 10.1 Å². The highest BCUT2D eigenvalue weighted by Gasteiger charge is 2.23. The third-order valence-electron chi connectivity index (χ3n) is 7.74. The van der Waals surface area contributed by atoms with Gasteiger partial charge in [0, 0.05) is 73.7 Å². The summed E-state index contributed by atoms with van der Waals surface area (Å²) in [5.41, 5.74) is 5.41. The first-order valence-electron chi connectivity index (χ1n) is 15.0. The van der Waals surface area contributed by atoms with E-state index in [4.69, 9.17) is 0 Å². The van der Waals surface area contributed by atoms with Gasteiger partial charge in [0.1, 0.15) is 5.82 Å². The second-order valence-corrected chi connectivity index (χ2v) is 12.6. The summed E-state index contributed by atoms with van der Waals surface area (Å²) in [5.74, 6) is 1.54. The number of hydrogen-bond donors (Lipinski definition) is 0. The van der Waals surface area contributed by atoms with Crippen LogP contribution in [-0.2, 0) is 30.2 Å². The van der Waals surface area contributed by atoms with E-state index >= 15 is 0 Å². The molecule has 2 saturated heterocycles. The molecular formula is C34H44FN3O2S. The van der Waals surface area contributed by atoms with Crippen molar-refractivity contribution in [3.63, 3.8) is 0 Å². The molecule has 1 amide bonds. The summed E-state index contributed by atoms with van der Waals surface area (Å²) in [6.45, 7) is 9.85. The number of rotatable bonds is 8. The van der Waals surface area contributed by atoms with Gasteiger partial charge in [-0.3, -0.25) is 13.9 Å². The number of anilines is 1. The largest absolute Gasteiger partial charge is 0.366 e. The molecule has 2 aliphatic heterocycles. The molecule has 0 aromatic heterocycles. The molecule has 0 radical (unpaired) electrons. The summed E-state index contributed by atoms with van der Waals surface area (Å²) in [6, 6.07) is 23.6. The minimum atomic E-state index is -0.567. The van der Waals surface area contributed by atoms with Crippen LogP contribution in [0.1, 0.15) is 53.7 Å². The predicted molar refractivity (Wildman–Crippen MR) is 169 cm³/mol. The fourth-order valence-corrected chi connectivity index (χ4v) is 6.46. The molecule has 5 nitrogen and oxygen atoms in total. The highest BCUT2D eigenvalue weighted by molar-refractivity contribution is 7.85. The van der Waals surface area contributed by atoms with Gasteiger partial charge in [-0.15, -0.1) is 0 Å². The maximum atomic E-state index is 13.9. The van der Waals surface area contributed by atoms with E-state index in [1.54, 1.807) is 12.1 Å². The maximum absolute atomic E-state index is 13.9. The van der Waals surface area contributed by atoms with Gasteiger partial charge in [0.25, 0.3) is 5.91 Å². The van der Waals surface area contributed by atoms with E-state index < -0.39 is 10.8 Å². The quantitative estimate of drug-likeness (QED) is 0.332. The summed E-state index contributed by atoms with van der Waals surface area (Å²) in [4.78, 5) is 18.9. The highest BCUT2D eigenvalue weighted by Crippen LogP contribution is 2.21. The molecular weight excluding hydrogens is 533 g/mol. The first-order chi connectivity index (χ1) is 20.0. The number of aryl methyl sites for hydroxylation is 2. The van der Waals surface area contributed by atoms with Crippen molar-refractivity contribution in [3.8, 4) is 0 Å². The number of piperazine rings is 1. The molecule has 3 aromatic rings. The van der Waals surface area contributed by atoms with Crippen LogP contribution in [0.5, 0.6) is 0 Å². The van der Waals surface area contributed by atoms with Crippen molar-refractivity contribution >= 4 is 22.4 Å². The Bertz CT molecular complexity index is 1250. The van der Waals surface area contributed by atoms with Gasteiger partial charge in [-0.1, -0.05) is 75.2 Å². The van der Waals surface area contributed by atoms with Crippen LogP contribution in [0.25, 0.3) is 0 Å². The standard InChI is InChI=1S/C20H23FN2O.C14H21NOS/c1-2-5-16-8-10-17(11-9-16)20(24)23-14-12-22(13-15-23)19-7-4-3-6-18(19)21;1-2-3-13-4-6-14(7-5-13)12-15-8-10-17(16)11-9-15/h3-4,6-11H,2,5,12-15H2,1H3;4-7H,2-3,8-12H2,1H3. The van der Waals surface area contributed by atoms with Gasteiger partial charge in [0.15, 0.2) is 0 Å². The summed E-state index contributed by atoms with van der Waals surface area (Å²) in [6.07, 6.45) is 4.52. The van der Waals surface area contributed by atoms with Gasteiger partial charge < -0.3 is 9.80 Å². The lowest BCUT2D eigenvalue weighted by Gasteiger charge is -2.36. The van der Waals surface area contributed by atoms with Crippen molar-refractivity contribution < 1.29 is 13.4 Å². The monoisotopic (exact) mass is 577 g/mol. The normalized spacial score (nSPS) is 16.3. The van der Waals surface area contributed by atoms with E-state index in [1.165, 1.54) is 35.6 Å². The van der Waals surface area contributed by atoms with Crippen LogP contribution in [0, 0.1) is 5.82 Å². The minimum absolute atomic E-state index is 0.0613. The summed E-state index contributed by atoms with van der Waals surface area (Å²) in [7, 11) is -0.567. The maximum Gasteiger partial charge on any atom is 0.253 e. The number of amides is 1. The Balaban J connectivity index is 0.000000201. The molecule has 2 heterocycles. The van der Waals surface area contributed by atoms with Gasteiger partial charge >= 0.3 is 0 Å². The smallest absolute Gasteiger partial charge is 0.253 e. The Kier molecular flexibility index (Phi) is 11.9. The van der Waals surface area contributed by atoms with Gasteiger partial charge in [0.2, 0.25) is 0 Å². The molecule has 0 unspecified atom stereocenters. The molecule has 5 rings (SSSR count). The van der Waals surface area contributed by atoms with Gasteiger partial charge in [-0.25, -0.2) is 4.39 Å². The lowest BCUT2D eigenvalue weighted by atomic mass is 10.1. The van der Waals surface area contributed by atoms with E-state index in [1.807, 2.05) is 40.1 Å². The van der Waals surface area contributed by atoms with E-state index in [0.29, 0.717) is 31.9 Å². The van der Waals surface area contributed by atoms with E-state index in [0.717, 1.165) is 49.5 Å².